The molecule has 0 radical (unpaired) electrons. The molecule has 0 spiro atoms. The van der Waals surface area contributed by atoms with Crippen LogP contribution in [0.4, 0.5) is 0 Å². The maximum Gasteiger partial charge on any atom is 0.159 e. The summed E-state index contributed by atoms with van der Waals surface area (Å²) in [6.45, 7) is 0.858. The highest BCUT2D eigenvalue weighted by atomic mass is 32.1. The summed E-state index contributed by atoms with van der Waals surface area (Å²) < 4.78 is 2.00. The van der Waals surface area contributed by atoms with Crippen molar-refractivity contribution in [2.75, 3.05) is 5.75 Å². The normalized spacial score (nSPS) is 10.8. The molecule has 0 N–H and O–H groups in total. The maximum atomic E-state index is 4.23. The molecule has 12 heavy (non-hydrogen) atoms. The Morgan fingerprint density at radius 1 is 1.42 bits per heavy atom. The van der Waals surface area contributed by atoms with E-state index in [0.717, 1.165) is 23.5 Å². The van der Waals surface area contributed by atoms with Gasteiger partial charge in [0.2, 0.25) is 0 Å². The van der Waals surface area contributed by atoms with Gasteiger partial charge in [-0.15, -0.1) is 0 Å². The average molecular weight is 179 g/mol. The van der Waals surface area contributed by atoms with Crippen LogP contribution in [0.25, 0.3) is 11.2 Å². The lowest BCUT2D eigenvalue weighted by molar-refractivity contribution is 0.789. The van der Waals surface area contributed by atoms with Crippen LogP contribution < -0.4 is 0 Å². The van der Waals surface area contributed by atoms with Crippen LogP contribution in [0.1, 0.15) is 0 Å². The van der Waals surface area contributed by atoms with E-state index < -0.39 is 0 Å². The molecular weight excluding hydrogens is 170 g/mol. The predicted molar refractivity (Wildman–Crippen MR) is 51.4 cm³/mol. The average Bonchev–Trinajstić information content (AvgIpc) is 2.50. The minimum absolute atomic E-state index is 0.808. The fourth-order valence-corrected chi connectivity index (χ4v) is 1.38. The summed E-state index contributed by atoms with van der Waals surface area (Å²) in [7, 11) is 0. The Balaban J connectivity index is 2.55. The second-order valence-corrected chi connectivity index (χ2v) is 2.95. The molecule has 3 nitrogen and oxygen atoms in total. The van der Waals surface area contributed by atoms with Gasteiger partial charge in [-0.05, 0) is 12.1 Å². The van der Waals surface area contributed by atoms with Crippen LogP contribution in [0, 0.1) is 0 Å². The first-order valence-electron chi connectivity index (χ1n) is 3.78. The van der Waals surface area contributed by atoms with Crippen LogP contribution in [0.3, 0.4) is 0 Å². The first-order valence-corrected chi connectivity index (χ1v) is 4.42. The van der Waals surface area contributed by atoms with E-state index in [4.69, 9.17) is 0 Å². The number of fused-ring (bicyclic) bond motifs is 1. The lowest BCUT2D eigenvalue weighted by Gasteiger charge is -1.97. The van der Waals surface area contributed by atoms with E-state index in [0.29, 0.717) is 0 Å². The molecule has 0 unspecified atom stereocenters. The summed E-state index contributed by atoms with van der Waals surface area (Å²) in [5, 5.41) is 0. The van der Waals surface area contributed by atoms with E-state index in [1.54, 1.807) is 12.5 Å². The fourth-order valence-electron chi connectivity index (χ4n) is 1.17. The molecule has 0 fully saturated rings. The Bertz CT molecular complexity index is 382. The molecule has 2 heterocycles. The van der Waals surface area contributed by atoms with Crippen molar-refractivity contribution in [2.45, 2.75) is 6.54 Å². The van der Waals surface area contributed by atoms with Crippen molar-refractivity contribution in [2.24, 2.45) is 0 Å². The first-order chi connectivity index (χ1) is 5.92. The topological polar surface area (TPSA) is 30.7 Å². The van der Waals surface area contributed by atoms with Gasteiger partial charge in [-0.2, -0.15) is 12.6 Å². The summed E-state index contributed by atoms with van der Waals surface area (Å²) in [5.41, 5.74) is 1.88. The summed E-state index contributed by atoms with van der Waals surface area (Å²) >= 11 is 4.16. The predicted octanol–water partition coefficient (Wildman–Crippen LogP) is 1.36. The van der Waals surface area contributed by atoms with E-state index in [-0.39, 0.29) is 0 Å². The van der Waals surface area contributed by atoms with Gasteiger partial charge in [0.1, 0.15) is 5.52 Å². The van der Waals surface area contributed by atoms with Crippen molar-refractivity contribution in [3.63, 3.8) is 0 Å². The van der Waals surface area contributed by atoms with Crippen LogP contribution in [-0.4, -0.2) is 20.3 Å². The van der Waals surface area contributed by atoms with E-state index in [1.165, 1.54) is 0 Å². The number of thiol groups is 1. The number of aromatic nitrogens is 3. The number of pyridine rings is 1. The molecule has 0 aliphatic carbocycles. The highest BCUT2D eigenvalue weighted by molar-refractivity contribution is 7.80. The van der Waals surface area contributed by atoms with Gasteiger partial charge >= 0.3 is 0 Å². The minimum Gasteiger partial charge on any atom is -0.314 e. The molecule has 2 rings (SSSR count). The number of hydrogen-bond donors (Lipinski definition) is 1. The van der Waals surface area contributed by atoms with Gasteiger partial charge in [-0.1, -0.05) is 0 Å². The van der Waals surface area contributed by atoms with Crippen LogP contribution in [0.15, 0.2) is 24.7 Å². The number of imidazole rings is 1. The Morgan fingerprint density at radius 3 is 3.17 bits per heavy atom. The minimum atomic E-state index is 0.808. The number of rotatable bonds is 2. The molecular formula is C8H9N3S. The molecule has 0 aliphatic rings. The SMILES string of the molecule is SCCn1cnc2cccnc21. The number of nitrogens with zero attached hydrogens (tertiary/aromatic N) is 3. The third kappa shape index (κ3) is 1.18. The lowest BCUT2D eigenvalue weighted by Crippen LogP contribution is -1.97. The van der Waals surface area contributed by atoms with Gasteiger partial charge in [0.15, 0.2) is 5.65 Å². The highest BCUT2D eigenvalue weighted by Gasteiger charge is 2.00. The molecule has 0 aromatic carbocycles. The van der Waals surface area contributed by atoms with Gasteiger partial charge in [0.25, 0.3) is 0 Å². The van der Waals surface area contributed by atoms with E-state index >= 15 is 0 Å². The van der Waals surface area contributed by atoms with Gasteiger partial charge in [0.05, 0.1) is 6.33 Å². The second kappa shape index (κ2) is 3.15. The third-order valence-corrected chi connectivity index (χ3v) is 1.92. The van der Waals surface area contributed by atoms with Crippen molar-refractivity contribution in [3.05, 3.63) is 24.7 Å². The maximum absolute atomic E-state index is 4.23. The second-order valence-electron chi connectivity index (χ2n) is 2.51. The largest absolute Gasteiger partial charge is 0.314 e. The van der Waals surface area contributed by atoms with Crippen molar-refractivity contribution in [1.29, 1.82) is 0 Å². The van der Waals surface area contributed by atoms with Crippen LogP contribution in [-0.2, 0) is 6.54 Å². The summed E-state index contributed by atoms with van der Waals surface area (Å²) in [6.07, 6.45) is 3.58. The zero-order chi connectivity index (χ0) is 8.39. The third-order valence-electron chi connectivity index (χ3n) is 1.72. The molecule has 0 bridgehead atoms. The summed E-state index contributed by atoms with van der Waals surface area (Å²) in [4.78, 5) is 8.43. The summed E-state index contributed by atoms with van der Waals surface area (Å²) in [5.74, 6) is 0.808. The zero-order valence-corrected chi connectivity index (χ0v) is 7.41. The number of hydrogen-bond acceptors (Lipinski definition) is 3. The van der Waals surface area contributed by atoms with Gasteiger partial charge in [0, 0.05) is 18.5 Å². The smallest absolute Gasteiger partial charge is 0.159 e. The monoisotopic (exact) mass is 179 g/mol. The van der Waals surface area contributed by atoms with Crippen molar-refractivity contribution in [3.8, 4) is 0 Å². The molecule has 4 heteroatoms. The zero-order valence-electron chi connectivity index (χ0n) is 6.51. The van der Waals surface area contributed by atoms with Crippen LogP contribution >= 0.6 is 12.6 Å². The molecule has 62 valence electrons. The Morgan fingerprint density at radius 2 is 2.33 bits per heavy atom. The van der Waals surface area contributed by atoms with Crippen molar-refractivity contribution >= 4 is 23.8 Å². The lowest BCUT2D eigenvalue weighted by atomic mass is 10.4. The molecule has 2 aromatic rings. The highest BCUT2D eigenvalue weighted by Crippen LogP contribution is 2.07. The van der Waals surface area contributed by atoms with Crippen molar-refractivity contribution < 1.29 is 0 Å². The van der Waals surface area contributed by atoms with E-state index in [1.807, 2.05) is 16.7 Å². The van der Waals surface area contributed by atoms with Gasteiger partial charge in [-0.25, -0.2) is 9.97 Å². The molecule has 0 aliphatic heterocycles. The van der Waals surface area contributed by atoms with E-state index in [9.17, 15) is 0 Å². The molecule has 0 saturated heterocycles. The fraction of sp³-hybridized carbons (Fsp3) is 0.250. The molecule has 0 atom stereocenters. The quantitative estimate of drug-likeness (QED) is 0.706. The molecule has 0 amide bonds. The number of aryl methyl sites for hydroxylation is 1. The van der Waals surface area contributed by atoms with Crippen molar-refractivity contribution in [1.82, 2.24) is 14.5 Å². The molecule has 0 saturated carbocycles. The van der Waals surface area contributed by atoms with Gasteiger partial charge in [-0.3, -0.25) is 0 Å². The first kappa shape index (κ1) is 7.61. The standard InChI is InChI=1S/C8H9N3S/c12-5-4-11-6-10-7-2-1-3-9-8(7)11/h1-3,6,12H,4-5H2. The summed E-state index contributed by atoms with van der Waals surface area (Å²) in [6, 6.07) is 3.84. The van der Waals surface area contributed by atoms with Gasteiger partial charge < -0.3 is 4.57 Å². The Hall–Kier alpha value is -1.03. The Kier molecular flexibility index (Phi) is 1.99. The Labute approximate surface area is 75.9 Å². The van der Waals surface area contributed by atoms with Crippen LogP contribution in [0.2, 0.25) is 0 Å². The molecule has 2 aromatic heterocycles. The van der Waals surface area contributed by atoms with Crippen LogP contribution in [0.5, 0.6) is 0 Å². The van der Waals surface area contributed by atoms with E-state index in [2.05, 4.69) is 22.6 Å².